The molecule has 164 valence electrons. The van der Waals surface area contributed by atoms with Crippen molar-refractivity contribution in [2.75, 3.05) is 52.2 Å². The number of hydrogen-bond donors (Lipinski definition) is 3. The lowest BCUT2D eigenvalue weighted by atomic mass is 9.96. The van der Waals surface area contributed by atoms with E-state index in [1.807, 2.05) is 49.5 Å². The van der Waals surface area contributed by atoms with Crippen LogP contribution < -0.4 is 16.8 Å². The SMILES string of the molecule is CNCc1ccc(-c2ccc(C(=O)N3CCN(C(=O)C4(N)COC4)CC3)cc2)cc1N. The van der Waals surface area contributed by atoms with Crippen molar-refractivity contribution in [2.24, 2.45) is 5.73 Å². The van der Waals surface area contributed by atoms with Crippen molar-refractivity contribution >= 4 is 17.5 Å². The van der Waals surface area contributed by atoms with Gasteiger partial charge in [0.05, 0.1) is 13.2 Å². The third-order valence-corrected chi connectivity index (χ3v) is 5.98. The van der Waals surface area contributed by atoms with Gasteiger partial charge in [-0.2, -0.15) is 0 Å². The summed E-state index contributed by atoms with van der Waals surface area (Å²) >= 11 is 0. The van der Waals surface area contributed by atoms with Crippen LogP contribution >= 0.6 is 0 Å². The lowest BCUT2D eigenvalue weighted by Crippen LogP contribution is -2.68. The van der Waals surface area contributed by atoms with Gasteiger partial charge in [-0.3, -0.25) is 9.59 Å². The fourth-order valence-electron chi connectivity index (χ4n) is 3.99. The number of ether oxygens (including phenoxy) is 1. The Morgan fingerprint density at radius 3 is 2.16 bits per heavy atom. The summed E-state index contributed by atoms with van der Waals surface area (Å²) in [6.07, 6.45) is 0. The van der Waals surface area contributed by atoms with E-state index in [9.17, 15) is 9.59 Å². The molecule has 2 aromatic rings. The Morgan fingerprint density at radius 1 is 1.00 bits per heavy atom. The van der Waals surface area contributed by atoms with Crippen LogP contribution in [0, 0.1) is 0 Å². The van der Waals surface area contributed by atoms with Crippen molar-refractivity contribution in [3.05, 3.63) is 53.6 Å². The van der Waals surface area contributed by atoms with Gasteiger partial charge in [-0.1, -0.05) is 24.3 Å². The summed E-state index contributed by atoms with van der Waals surface area (Å²) < 4.78 is 5.08. The molecule has 0 aliphatic carbocycles. The minimum absolute atomic E-state index is 0.0306. The van der Waals surface area contributed by atoms with E-state index in [4.69, 9.17) is 16.2 Å². The molecule has 2 saturated heterocycles. The second-order valence-corrected chi connectivity index (χ2v) is 8.25. The van der Waals surface area contributed by atoms with Crippen molar-refractivity contribution in [3.63, 3.8) is 0 Å². The van der Waals surface area contributed by atoms with Crippen molar-refractivity contribution in [1.82, 2.24) is 15.1 Å². The van der Waals surface area contributed by atoms with E-state index in [0.717, 1.165) is 28.9 Å². The first kappa shape index (κ1) is 21.3. The number of nitrogens with two attached hydrogens (primary N) is 2. The molecule has 0 bridgehead atoms. The number of rotatable bonds is 5. The van der Waals surface area contributed by atoms with E-state index in [1.165, 1.54) is 0 Å². The Labute approximate surface area is 182 Å². The van der Waals surface area contributed by atoms with Gasteiger partial charge in [-0.05, 0) is 41.9 Å². The highest BCUT2D eigenvalue weighted by Crippen LogP contribution is 2.25. The first-order valence-electron chi connectivity index (χ1n) is 10.5. The maximum atomic E-state index is 12.9. The molecule has 0 atom stereocenters. The molecule has 0 unspecified atom stereocenters. The van der Waals surface area contributed by atoms with Crippen molar-refractivity contribution in [2.45, 2.75) is 12.1 Å². The second kappa shape index (κ2) is 8.66. The number of nitrogens with one attached hydrogen (secondary N) is 1. The normalized spacial score (nSPS) is 17.9. The monoisotopic (exact) mass is 423 g/mol. The molecule has 2 fully saturated rings. The Kier molecular flexibility index (Phi) is 5.95. The van der Waals surface area contributed by atoms with Gasteiger partial charge in [0, 0.05) is 44.0 Å². The Morgan fingerprint density at radius 2 is 1.61 bits per heavy atom. The summed E-state index contributed by atoms with van der Waals surface area (Å²) in [6, 6.07) is 13.6. The van der Waals surface area contributed by atoms with Crippen LogP contribution in [-0.2, 0) is 16.1 Å². The summed E-state index contributed by atoms with van der Waals surface area (Å²) in [7, 11) is 1.89. The molecule has 0 radical (unpaired) electrons. The van der Waals surface area contributed by atoms with Gasteiger partial charge in [0.15, 0.2) is 0 Å². The lowest BCUT2D eigenvalue weighted by Gasteiger charge is -2.43. The standard InChI is InChI=1S/C23H29N5O3/c1-26-13-19-7-6-18(12-20(19)24)16-2-4-17(5-3-16)21(29)27-8-10-28(11-9-27)22(30)23(25)14-31-15-23/h2-7,12,26H,8-11,13-15,24-25H2,1H3. The number of carbonyl (C=O) groups is 2. The molecular weight excluding hydrogens is 394 g/mol. The largest absolute Gasteiger partial charge is 0.398 e. The van der Waals surface area contributed by atoms with Crippen molar-refractivity contribution in [1.29, 1.82) is 0 Å². The minimum Gasteiger partial charge on any atom is -0.398 e. The van der Waals surface area contributed by atoms with E-state index in [2.05, 4.69) is 5.32 Å². The number of amides is 2. The van der Waals surface area contributed by atoms with Crippen LogP contribution in [0.15, 0.2) is 42.5 Å². The van der Waals surface area contributed by atoms with Gasteiger partial charge in [0.2, 0.25) is 5.91 Å². The van der Waals surface area contributed by atoms with Crippen LogP contribution in [-0.4, -0.2) is 73.6 Å². The number of nitrogen functional groups attached to an aromatic ring is 1. The first-order chi connectivity index (χ1) is 14.9. The van der Waals surface area contributed by atoms with Gasteiger partial charge in [-0.15, -0.1) is 0 Å². The molecule has 5 N–H and O–H groups in total. The topological polar surface area (TPSA) is 114 Å². The lowest BCUT2D eigenvalue weighted by molar-refractivity contribution is -0.155. The highest BCUT2D eigenvalue weighted by Gasteiger charge is 2.45. The van der Waals surface area contributed by atoms with E-state index < -0.39 is 5.54 Å². The van der Waals surface area contributed by atoms with Gasteiger partial charge in [0.25, 0.3) is 5.91 Å². The number of benzene rings is 2. The van der Waals surface area contributed by atoms with Crippen LogP contribution in [0.4, 0.5) is 5.69 Å². The van der Waals surface area contributed by atoms with Gasteiger partial charge in [-0.25, -0.2) is 0 Å². The highest BCUT2D eigenvalue weighted by atomic mass is 16.5. The fraction of sp³-hybridized carbons (Fsp3) is 0.391. The summed E-state index contributed by atoms with van der Waals surface area (Å²) in [5.74, 6) is -0.118. The molecule has 8 nitrogen and oxygen atoms in total. The maximum absolute atomic E-state index is 12.9. The predicted octanol–water partition coefficient (Wildman–Crippen LogP) is 0.667. The molecule has 0 aromatic heterocycles. The fourth-order valence-corrected chi connectivity index (χ4v) is 3.99. The Balaban J connectivity index is 1.38. The zero-order valence-electron chi connectivity index (χ0n) is 17.8. The molecule has 8 heteroatoms. The van der Waals surface area contributed by atoms with Crippen LogP contribution in [0.3, 0.4) is 0 Å². The third-order valence-electron chi connectivity index (χ3n) is 5.98. The number of hydrogen-bond acceptors (Lipinski definition) is 6. The molecule has 0 spiro atoms. The summed E-state index contributed by atoms with van der Waals surface area (Å²) in [5, 5.41) is 3.10. The molecule has 4 rings (SSSR count). The quantitative estimate of drug-likeness (QED) is 0.609. The molecule has 2 aromatic carbocycles. The zero-order valence-corrected chi connectivity index (χ0v) is 17.8. The summed E-state index contributed by atoms with van der Waals surface area (Å²) in [6.45, 7) is 3.21. The molecule has 2 aliphatic rings. The first-order valence-corrected chi connectivity index (χ1v) is 10.5. The minimum atomic E-state index is -0.892. The smallest absolute Gasteiger partial charge is 0.253 e. The van der Waals surface area contributed by atoms with Crippen LogP contribution in [0.25, 0.3) is 11.1 Å². The summed E-state index contributed by atoms with van der Waals surface area (Å²) in [4.78, 5) is 28.9. The summed E-state index contributed by atoms with van der Waals surface area (Å²) in [5.41, 5.74) is 15.8. The third kappa shape index (κ3) is 4.27. The molecule has 2 amide bonds. The molecule has 2 heterocycles. The highest BCUT2D eigenvalue weighted by molar-refractivity contribution is 5.95. The van der Waals surface area contributed by atoms with E-state index in [-0.39, 0.29) is 25.0 Å². The van der Waals surface area contributed by atoms with E-state index in [0.29, 0.717) is 31.7 Å². The van der Waals surface area contributed by atoms with Gasteiger partial charge >= 0.3 is 0 Å². The van der Waals surface area contributed by atoms with E-state index in [1.54, 1.807) is 9.80 Å². The Bertz CT molecular complexity index is 964. The number of carbonyl (C=O) groups excluding carboxylic acids is 2. The average Bonchev–Trinajstić information content (AvgIpc) is 2.78. The zero-order chi connectivity index (χ0) is 22.0. The second-order valence-electron chi connectivity index (χ2n) is 8.25. The van der Waals surface area contributed by atoms with Crippen LogP contribution in [0.1, 0.15) is 15.9 Å². The van der Waals surface area contributed by atoms with Gasteiger partial charge < -0.3 is 31.3 Å². The number of anilines is 1. The number of nitrogens with zero attached hydrogens (tertiary/aromatic N) is 2. The molecular formula is C23H29N5O3. The van der Waals surface area contributed by atoms with Crippen LogP contribution in [0.5, 0.6) is 0 Å². The van der Waals surface area contributed by atoms with E-state index >= 15 is 0 Å². The maximum Gasteiger partial charge on any atom is 0.253 e. The van der Waals surface area contributed by atoms with Crippen molar-refractivity contribution < 1.29 is 14.3 Å². The van der Waals surface area contributed by atoms with Crippen molar-refractivity contribution in [3.8, 4) is 11.1 Å². The number of piperazine rings is 1. The molecule has 0 saturated carbocycles. The molecule has 2 aliphatic heterocycles. The Hall–Kier alpha value is -2.94. The average molecular weight is 424 g/mol. The van der Waals surface area contributed by atoms with Crippen LogP contribution in [0.2, 0.25) is 0 Å². The molecule has 31 heavy (non-hydrogen) atoms. The van der Waals surface area contributed by atoms with Gasteiger partial charge in [0.1, 0.15) is 5.54 Å². The predicted molar refractivity (Wildman–Crippen MR) is 119 cm³/mol.